The van der Waals surface area contributed by atoms with E-state index in [9.17, 15) is 9.59 Å². The first kappa shape index (κ1) is 25.5. The second kappa shape index (κ2) is 11.2. The van der Waals surface area contributed by atoms with E-state index in [2.05, 4.69) is 26.7 Å². The first-order chi connectivity index (χ1) is 19.5. The number of nitrogens with zero attached hydrogens (tertiary/aromatic N) is 1. The molecule has 6 nitrogen and oxygen atoms in total. The highest BCUT2D eigenvalue weighted by molar-refractivity contribution is 7.22. The van der Waals surface area contributed by atoms with Crippen molar-refractivity contribution in [3.05, 3.63) is 132 Å². The lowest BCUT2D eigenvalue weighted by molar-refractivity contribution is -0.126. The number of carbonyl (C=O) groups excluding carboxylic acids is 2. The van der Waals surface area contributed by atoms with Crippen LogP contribution in [0, 0.1) is 6.92 Å². The summed E-state index contributed by atoms with van der Waals surface area (Å²) in [7, 11) is 0. The van der Waals surface area contributed by atoms with Crippen molar-refractivity contribution >= 4 is 49.4 Å². The molecule has 0 spiro atoms. The SMILES string of the molecule is Cc1ccc2nc(NC(=O)[C@H](Cc3c[nH]c4ccccc34)NC(=O)C(c3ccccc3)c3ccccc3)sc2c1. The number of anilines is 1. The van der Waals surface area contributed by atoms with Crippen LogP contribution in [0.1, 0.15) is 28.2 Å². The van der Waals surface area contributed by atoms with Crippen LogP contribution >= 0.6 is 11.3 Å². The molecule has 1 atom stereocenters. The number of fused-ring (bicyclic) bond motifs is 2. The van der Waals surface area contributed by atoms with E-state index in [0.29, 0.717) is 11.6 Å². The largest absolute Gasteiger partial charge is 0.361 e. The molecule has 0 aliphatic carbocycles. The lowest BCUT2D eigenvalue weighted by Crippen LogP contribution is -2.47. The molecule has 198 valence electrons. The molecule has 3 N–H and O–H groups in total. The predicted octanol–water partition coefficient (Wildman–Crippen LogP) is 6.58. The smallest absolute Gasteiger partial charge is 0.249 e. The van der Waals surface area contributed by atoms with Gasteiger partial charge in [0.05, 0.1) is 16.1 Å². The Balaban J connectivity index is 1.33. The van der Waals surface area contributed by atoms with Crippen LogP contribution in [-0.2, 0) is 16.0 Å². The molecular formula is C33H28N4O2S. The minimum absolute atomic E-state index is 0.239. The first-order valence-corrected chi connectivity index (χ1v) is 14.0. The van der Waals surface area contributed by atoms with E-state index in [1.54, 1.807) is 0 Å². The summed E-state index contributed by atoms with van der Waals surface area (Å²) in [6.07, 6.45) is 2.23. The van der Waals surface area contributed by atoms with Gasteiger partial charge in [-0.25, -0.2) is 4.98 Å². The lowest BCUT2D eigenvalue weighted by atomic mass is 9.90. The van der Waals surface area contributed by atoms with Gasteiger partial charge < -0.3 is 15.6 Å². The Bertz CT molecular complexity index is 1750. The van der Waals surface area contributed by atoms with Gasteiger partial charge in [0.2, 0.25) is 11.8 Å². The Morgan fingerprint density at radius 2 is 1.52 bits per heavy atom. The number of amides is 2. The summed E-state index contributed by atoms with van der Waals surface area (Å²) < 4.78 is 1.00. The van der Waals surface area contributed by atoms with E-state index in [0.717, 1.165) is 43.4 Å². The number of benzene rings is 4. The molecule has 0 aliphatic rings. The van der Waals surface area contributed by atoms with Crippen LogP contribution in [0.2, 0.25) is 0 Å². The molecule has 0 saturated carbocycles. The Kier molecular flexibility index (Phi) is 7.12. The molecule has 0 radical (unpaired) electrons. The van der Waals surface area contributed by atoms with Crippen molar-refractivity contribution in [3.63, 3.8) is 0 Å². The number of para-hydroxylation sites is 1. The first-order valence-electron chi connectivity index (χ1n) is 13.2. The summed E-state index contributed by atoms with van der Waals surface area (Å²) in [6.45, 7) is 2.03. The Hall–Kier alpha value is -4.75. The number of carbonyl (C=O) groups is 2. The van der Waals surface area contributed by atoms with E-state index in [4.69, 9.17) is 0 Å². The fourth-order valence-electron chi connectivity index (χ4n) is 5.05. The zero-order valence-electron chi connectivity index (χ0n) is 21.9. The van der Waals surface area contributed by atoms with Crippen molar-refractivity contribution in [2.24, 2.45) is 0 Å². The van der Waals surface area contributed by atoms with E-state index >= 15 is 0 Å². The highest BCUT2D eigenvalue weighted by atomic mass is 32.1. The Morgan fingerprint density at radius 3 is 2.25 bits per heavy atom. The third kappa shape index (κ3) is 5.37. The summed E-state index contributed by atoms with van der Waals surface area (Å²) in [4.78, 5) is 35.6. The van der Waals surface area contributed by atoms with Crippen LogP contribution in [0.25, 0.3) is 21.1 Å². The predicted molar refractivity (Wildman–Crippen MR) is 162 cm³/mol. The molecule has 0 aliphatic heterocycles. The van der Waals surface area contributed by atoms with Gasteiger partial charge >= 0.3 is 0 Å². The maximum atomic E-state index is 14.0. The molecule has 0 fully saturated rings. The highest BCUT2D eigenvalue weighted by Gasteiger charge is 2.29. The molecule has 40 heavy (non-hydrogen) atoms. The van der Waals surface area contributed by atoms with Crippen molar-refractivity contribution in [1.29, 1.82) is 0 Å². The normalized spacial score (nSPS) is 12.1. The van der Waals surface area contributed by atoms with Gasteiger partial charge in [-0.1, -0.05) is 96.3 Å². The van der Waals surface area contributed by atoms with Gasteiger partial charge in [-0.15, -0.1) is 0 Å². The number of thiazole rings is 1. The average Bonchev–Trinajstić information content (AvgIpc) is 3.57. The zero-order chi connectivity index (χ0) is 27.5. The van der Waals surface area contributed by atoms with Gasteiger partial charge in [0, 0.05) is 23.5 Å². The quantitative estimate of drug-likeness (QED) is 0.202. The fourth-order valence-corrected chi connectivity index (χ4v) is 6.02. The second-order valence-corrected chi connectivity index (χ2v) is 10.9. The zero-order valence-corrected chi connectivity index (χ0v) is 22.7. The number of aryl methyl sites for hydroxylation is 1. The molecular weight excluding hydrogens is 516 g/mol. The number of nitrogens with one attached hydrogen (secondary N) is 3. The van der Waals surface area contributed by atoms with Gasteiger partial charge in [0.1, 0.15) is 6.04 Å². The van der Waals surface area contributed by atoms with E-state index in [1.165, 1.54) is 11.3 Å². The number of hydrogen-bond acceptors (Lipinski definition) is 4. The third-order valence-corrected chi connectivity index (χ3v) is 7.97. The fraction of sp³-hybridized carbons (Fsp3) is 0.121. The molecule has 0 bridgehead atoms. The van der Waals surface area contributed by atoms with Crippen molar-refractivity contribution in [3.8, 4) is 0 Å². The minimum atomic E-state index is -0.824. The molecule has 0 unspecified atom stereocenters. The molecule has 4 aromatic carbocycles. The van der Waals surface area contributed by atoms with Gasteiger partial charge in [0.15, 0.2) is 5.13 Å². The maximum absolute atomic E-state index is 14.0. The van der Waals surface area contributed by atoms with E-state index < -0.39 is 12.0 Å². The van der Waals surface area contributed by atoms with Crippen molar-refractivity contribution < 1.29 is 9.59 Å². The molecule has 6 rings (SSSR count). The van der Waals surface area contributed by atoms with Crippen LogP contribution in [-0.4, -0.2) is 27.8 Å². The molecule has 0 saturated heterocycles. The number of H-pyrrole nitrogens is 1. The van der Waals surface area contributed by atoms with Crippen LogP contribution in [0.4, 0.5) is 5.13 Å². The number of aromatic amines is 1. The highest BCUT2D eigenvalue weighted by Crippen LogP contribution is 2.28. The molecule has 7 heteroatoms. The van der Waals surface area contributed by atoms with Crippen molar-refractivity contribution in [2.45, 2.75) is 25.3 Å². The molecule has 2 heterocycles. The topological polar surface area (TPSA) is 86.9 Å². The summed E-state index contributed by atoms with van der Waals surface area (Å²) in [5, 5.41) is 7.60. The second-order valence-electron chi connectivity index (χ2n) is 9.86. The molecule has 2 aromatic heterocycles. The summed E-state index contributed by atoms with van der Waals surface area (Å²) in [5.74, 6) is -1.11. The van der Waals surface area contributed by atoms with E-state index in [-0.39, 0.29) is 11.8 Å². The standard InChI is InChI=1S/C33H28N4O2S/c1-21-16-17-27-29(18-21)40-33(36-27)37-31(38)28(19-24-20-34-26-15-9-8-14-25(24)26)35-32(39)30(22-10-4-2-5-11-22)23-12-6-3-7-13-23/h2-18,20,28,30,34H,19H2,1H3,(H,35,39)(H,36,37,38)/t28-/m0/s1. The summed E-state index contributed by atoms with van der Waals surface area (Å²) in [5.41, 5.74) is 5.61. The monoisotopic (exact) mass is 544 g/mol. The summed E-state index contributed by atoms with van der Waals surface area (Å²) >= 11 is 1.42. The van der Waals surface area contributed by atoms with Crippen LogP contribution in [0.5, 0.6) is 0 Å². The van der Waals surface area contributed by atoms with Gasteiger partial charge in [-0.2, -0.15) is 0 Å². The molecule has 2 amide bonds. The maximum Gasteiger partial charge on any atom is 0.249 e. The Morgan fingerprint density at radius 1 is 0.850 bits per heavy atom. The Labute approximate surface area is 236 Å². The van der Waals surface area contributed by atoms with Gasteiger partial charge in [0.25, 0.3) is 0 Å². The van der Waals surface area contributed by atoms with Crippen LogP contribution in [0.15, 0.2) is 109 Å². The lowest BCUT2D eigenvalue weighted by Gasteiger charge is -2.23. The summed E-state index contributed by atoms with van der Waals surface area (Å²) in [6, 6.07) is 32.4. The number of aromatic nitrogens is 2. The van der Waals surface area contributed by atoms with Crippen LogP contribution < -0.4 is 10.6 Å². The van der Waals surface area contributed by atoms with Crippen LogP contribution in [0.3, 0.4) is 0 Å². The third-order valence-electron chi connectivity index (χ3n) is 7.03. The van der Waals surface area contributed by atoms with E-state index in [1.807, 2.05) is 110 Å². The van der Waals surface area contributed by atoms with Crippen molar-refractivity contribution in [2.75, 3.05) is 5.32 Å². The number of hydrogen-bond donors (Lipinski definition) is 3. The number of rotatable bonds is 8. The average molecular weight is 545 g/mol. The molecule has 6 aromatic rings. The van der Waals surface area contributed by atoms with Gasteiger partial charge in [-0.3, -0.25) is 9.59 Å². The minimum Gasteiger partial charge on any atom is -0.361 e. The van der Waals surface area contributed by atoms with Gasteiger partial charge in [-0.05, 0) is 47.4 Å². The van der Waals surface area contributed by atoms with Crippen molar-refractivity contribution in [1.82, 2.24) is 15.3 Å².